The highest BCUT2D eigenvalue weighted by molar-refractivity contribution is 5.85. The molecule has 0 rings (SSSR count). The summed E-state index contributed by atoms with van der Waals surface area (Å²) in [4.78, 5) is 10.7. The molecule has 1 atom stereocenters. The van der Waals surface area contributed by atoms with Crippen LogP contribution in [-0.2, 0) is 4.79 Å². The molecule has 3 nitrogen and oxygen atoms in total. The van der Waals surface area contributed by atoms with Gasteiger partial charge in [-0.15, -0.1) is 12.4 Å². The zero-order valence-electron chi connectivity index (χ0n) is 6.39. The Labute approximate surface area is 67.7 Å². The number of carbonyl (C=O) groups is 1. The lowest BCUT2D eigenvalue weighted by Gasteiger charge is -2.05. The number of halogens is 1. The van der Waals surface area contributed by atoms with Gasteiger partial charge in [0.15, 0.2) is 0 Å². The first kappa shape index (κ1) is 12.4. The number of amides is 1. The Hall–Kier alpha value is -0.280. The standard InChI is InChI=1S/C6H14N2O.ClH/c1-3-4-5(2)6(9)8-7;/h5H,3-4,7H2,1-2H3,(H,8,9);1H. The molecular weight excluding hydrogens is 152 g/mol. The topological polar surface area (TPSA) is 55.1 Å². The van der Waals surface area contributed by atoms with Crippen LogP contribution in [0.2, 0.25) is 0 Å². The molecule has 0 aromatic rings. The van der Waals surface area contributed by atoms with Crippen LogP contribution in [0, 0.1) is 5.92 Å². The van der Waals surface area contributed by atoms with Gasteiger partial charge in [-0.05, 0) is 6.42 Å². The second kappa shape index (κ2) is 6.83. The van der Waals surface area contributed by atoms with Crippen molar-refractivity contribution < 1.29 is 4.79 Å². The van der Waals surface area contributed by atoms with Crippen molar-refractivity contribution in [3.8, 4) is 0 Å². The first-order valence-corrected chi connectivity index (χ1v) is 3.22. The number of hydrogen-bond acceptors (Lipinski definition) is 2. The number of hydrogen-bond donors (Lipinski definition) is 2. The second-order valence-electron chi connectivity index (χ2n) is 2.20. The molecule has 10 heavy (non-hydrogen) atoms. The maximum atomic E-state index is 10.7. The van der Waals surface area contributed by atoms with Crippen LogP contribution in [0.15, 0.2) is 0 Å². The van der Waals surface area contributed by atoms with E-state index in [9.17, 15) is 4.79 Å². The maximum Gasteiger partial charge on any atom is 0.236 e. The minimum Gasteiger partial charge on any atom is -0.294 e. The fraction of sp³-hybridized carbons (Fsp3) is 0.833. The van der Waals surface area contributed by atoms with Gasteiger partial charge in [-0.3, -0.25) is 10.2 Å². The van der Waals surface area contributed by atoms with E-state index in [1.807, 2.05) is 13.8 Å². The fourth-order valence-corrected chi connectivity index (χ4v) is 0.706. The van der Waals surface area contributed by atoms with E-state index in [4.69, 9.17) is 5.84 Å². The second-order valence-corrected chi connectivity index (χ2v) is 2.20. The van der Waals surface area contributed by atoms with E-state index in [0.29, 0.717) is 0 Å². The monoisotopic (exact) mass is 166 g/mol. The molecule has 1 unspecified atom stereocenters. The summed E-state index contributed by atoms with van der Waals surface area (Å²) in [6, 6.07) is 0. The number of carbonyl (C=O) groups excluding carboxylic acids is 1. The Morgan fingerprint density at radius 1 is 1.70 bits per heavy atom. The van der Waals surface area contributed by atoms with Gasteiger partial charge in [-0.25, -0.2) is 5.84 Å². The zero-order valence-corrected chi connectivity index (χ0v) is 7.20. The summed E-state index contributed by atoms with van der Waals surface area (Å²) in [7, 11) is 0. The van der Waals surface area contributed by atoms with E-state index < -0.39 is 0 Å². The van der Waals surface area contributed by atoms with E-state index in [-0.39, 0.29) is 24.2 Å². The van der Waals surface area contributed by atoms with Crippen molar-refractivity contribution in [2.45, 2.75) is 26.7 Å². The average Bonchev–Trinajstić information content (AvgIpc) is 1.87. The Morgan fingerprint density at radius 2 is 2.20 bits per heavy atom. The molecule has 0 saturated heterocycles. The lowest BCUT2D eigenvalue weighted by atomic mass is 10.1. The van der Waals surface area contributed by atoms with Gasteiger partial charge in [0.25, 0.3) is 0 Å². The molecule has 0 aromatic carbocycles. The van der Waals surface area contributed by atoms with Crippen LogP contribution in [0.3, 0.4) is 0 Å². The summed E-state index contributed by atoms with van der Waals surface area (Å²) < 4.78 is 0. The number of nitrogens with two attached hydrogens (primary N) is 1. The third kappa shape index (κ3) is 4.58. The first-order valence-electron chi connectivity index (χ1n) is 3.22. The van der Waals surface area contributed by atoms with Crippen molar-refractivity contribution in [3.63, 3.8) is 0 Å². The zero-order chi connectivity index (χ0) is 7.28. The van der Waals surface area contributed by atoms with Crippen molar-refractivity contribution >= 4 is 18.3 Å². The summed E-state index contributed by atoms with van der Waals surface area (Å²) >= 11 is 0. The Kier molecular flexibility index (Phi) is 8.48. The van der Waals surface area contributed by atoms with E-state index in [1.54, 1.807) is 0 Å². The molecule has 62 valence electrons. The number of hydrazine groups is 1. The van der Waals surface area contributed by atoms with Crippen molar-refractivity contribution in [3.05, 3.63) is 0 Å². The molecule has 0 saturated carbocycles. The molecule has 4 heteroatoms. The van der Waals surface area contributed by atoms with Gasteiger partial charge < -0.3 is 0 Å². The molecule has 3 N–H and O–H groups in total. The molecule has 1 amide bonds. The van der Waals surface area contributed by atoms with Crippen molar-refractivity contribution in [1.29, 1.82) is 0 Å². The SMILES string of the molecule is CCCC(C)C(=O)NN.Cl. The van der Waals surface area contributed by atoms with E-state index in [1.165, 1.54) is 0 Å². The van der Waals surface area contributed by atoms with E-state index >= 15 is 0 Å². The third-order valence-electron chi connectivity index (χ3n) is 1.31. The van der Waals surface area contributed by atoms with Crippen molar-refractivity contribution in [1.82, 2.24) is 5.43 Å². The highest BCUT2D eigenvalue weighted by Gasteiger charge is 2.08. The summed E-state index contributed by atoms with van der Waals surface area (Å²) in [6.07, 6.45) is 1.93. The molecule has 0 bridgehead atoms. The van der Waals surface area contributed by atoms with Crippen LogP contribution in [0.1, 0.15) is 26.7 Å². The van der Waals surface area contributed by atoms with Crippen LogP contribution >= 0.6 is 12.4 Å². The van der Waals surface area contributed by atoms with Crippen LogP contribution in [0.5, 0.6) is 0 Å². The van der Waals surface area contributed by atoms with Gasteiger partial charge >= 0.3 is 0 Å². The fourth-order valence-electron chi connectivity index (χ4n) is 0.706. The molecule has 0 spiro atoms. The summed E-state index contributed by atoms with van der Waals surface area (Å²) in [6.45, 7) is 3.91. The third-order valence-corrected chi connectivity index (χ3v) is 1.31. The molecule has 0 aliphatic heterocycles. The molecule has 0 fully saturated rings. The summed E-state index contributed by atoms with van der Waals surface area (Å²) in [5, 5.41) is 0. The molecule has 0 radical (unpaired) electrons. The van der Waals surface area contributed by atoms with Crippen LogP contribution in [0.4, 0.5) is 0 Å². The normalized spacial score (nSPS) is 11.5. The van der Waals surface area contributed by atoms with Gasteiger partial charge in [0, 0.05) is 5.92 Å². The summed E-state index contributed by atoms with van der Waals surface area (Å²) in [5.74, 6) is 4.89. The van der Waals surface area contributed by atoms with Crippen LogP contribution < -0.4 is 11.3 Å². The van der Waals surface area contributed by atoms with Gasteiger partial charge in [0.05, 0.1) is 0 Å². The van der Waals surface area contributed by atoms with Crippen LogP contribution in [0.25, 0.3) is 0 Å². The first-order chi connectivity index (χ1) is 4.22. The lowest BCUT2D eigenvalue weighted by Crippen LogP contribution is -2.34. The smallest absolute Gasteiger partial charge is 0.236 e. The molecule has 0 aliphatic carbocycles. The maximum absolute atomic E-state index is 10.7. The van der Waals surface area contributed by atoms with Crippen molar-refractivity contribution in [2.24, 2.45) is 11.8 Å². The Morgan fingerprint density at radius 3 is 2.50 bits per heavy atom. The van der Waals surface area contributed by atoms with Gasteiger partial charge in [-0.2, -0.15) is 0 Å². The predicted molar refractivity (Wildman–Crippen MR) is 43.7 cm³/mol. The molecular formula is C6H15ClN2O. The van der Waals surface area contributed by atoms with Crippen molar-refractivity contribution in [2.75, 3.05) is 0 Å². The van der Waals surface area contributed by atoms with Crippen LogP contribution in [-0.4, -0.2) is 5.91 Å². The average molecular weight is 167 g/mol. The highest BCUT2D eigenvalue weighted by Crippen LogP contribution is 2.02. The summed E-state index contributed by atoms with van der Waals surface area (Å²) in [5.41, 5.74) is 2.11. The van der Waals surface area contributed by atoms with E-state index in [2.05, 4.69) is 5.43 Å². The van der Waals surface area contributed by atoms with Gasteiger partial charge in [0.1, 0.15) is 0 Å². The van der Waals surface area contributed by atoms with E-state index in [0.717, 1.165) is 12.8 Å². The minimum atomic E-state index is -0.0724. The Bertz CT molecular complexity index is 97.7. The molecule has 0 aromatic heterocycles. The van der Waals surface area contributed by atoms with Gasteiger partial charge in [0.2, 0.25) is 5.91 Å². The number of rotatable bonds is 3. The molecule has 0 aliphatic rings. The minimum absolute atomic E-state index is 0. The number of nitrogens with one attached hydrogen (secondary N) is 1. The quantitative estimate of drug-likeness (QED) is 0.371. The largest absolute Gasteiger partial charge is 0.294 e. The highest BCUT2D eigenvalue weighted by atomic mass is 35.5. The lowest BCUT2D eigenvalue weighted by molar-refractivity contribution is -0.124. The Balaban J connectivity index is 0. The van der Waals surface area contributed by atoms with Gasteiger partial charge in [-0.1, -0.05) is 20.3 Å². The predicted octanol–water partition coefficient (Wildman–Crippen LogP) is 0.834. The molecule has 0 heterocycles.